The van der Waals surface area contributed by atoms with E-state index < -0.39 is 23.7 Å². The van der Waals surface area contributed by atoms with Crippen molar-refractivity contribution in [3.05, 3.63) is 96.7 Å². The van der Waals surface area contributed by atoms with Crippen molar-refractivity contribution in [3.63, 3.8) is 0 Å². The zero-order valence-electron chi connectivity index (χ0n) is 19.1. The molecule has 9 nitrogen and oxygen atoms in total. The Labute approximate surface area is 206 Å². The van der Waals surface area contributed by atoms with Crippen LogP contribution in [-0.2, 0) is 16.1 Å². The summed E-state index contributed by atoms with van der Waals surface area (Å²) >= 11 is 0. The van der Waals surface area contributed by atoms with Gasteiger partial charge in [0.2, 0.25) is 5.91 Å². The molecule has 3 heterocycles. The molecule has 1 atom stereocenters. The second-order valence-electron chi connectivity index (χ2n) is 8.19. The molecule has 3 N–H and O–H groups in total. The van der Waals surface area contributed by atoms with Crippen LogP contribution in [0.2, 0.25) is 0 Å². The molecule has 2 aromatic carbocycles. The Morgan fingerprint density at radius 2 is 1.72 bits per heavy atom. The van der Waals surface area contributed by atoms with Crippen LogP contribution in [0.15, 0.2) is 90.4 Å². The van der Waals surface area contributed by atoms with E-state index in [0.717, 1.165) is 16.8 Å². The Bertz CT molecular complexity index is 1420. The number of aromatic nitrogens is 3. The Kier molecular flexibility index (Phi) is 6.23. The second-order valence-corrected chi connectivity index (χ2v) is 8.19. The molecule has 0 bridgehead atoms. The molecule has 36 heavy (non-hydrogen) atoms. The molecular formula is C26H22FN7O2. The Hall–Kier alpha value is -4.86. The summed E-state index contributed by atoms with van der Waals surface area (Å²) in [4.78, 5) is 29.1. The van der Waals surface area contributed by atoms with Crippen LogP contribution in [0, 0.1) is 5.82 Å². The van der Waals surface area contributed by atoms with Gasteiger partial charge in [0.25, 0.3) is 5.91 Å². The first-order valence-corrected chi connectivity index (χ1v) is 11.2. The number of amides is 2. The van der Waals surface area contributed by atoms with Crippen molar-refractivity contribution in [1.29, 1.82) is 0 Å². The summed E-state index contributed by atoms with van der Waals surface area (Å²) in [7, 11) is 0. The molecule has 2 amide bonds. The van der Waals surface area contributed by atoms with Crippen molar-refractivity contribution in [2.75, 3.05) is 5.01 Å². The van der Waals surface area contributed by atoms with Gasteiger partial charge in [-0.1, -0.05) is 18.2 Å². The van der Waals surface area contributed by atoms with Crippen LogP contribution < -0.4 is 16.1 Å². The Morgan fingerprint density at radius 3 is 2.42 bits per heavy atom. The third kappa shape index (κ3) is 4.69. The van der Waals surface area contributed by atoms with E-state index in [0.29, 0.717) is 11.4 Å². The number of para-hydroxylation sites is 1. The summed E-state index contributed by atoms with van der Waals surface area (Å²) in [5.41, 5.74) is 9.41. The highest BCUT2D eigenvalue weighted by Gasteiger charge is 2.35. The summed E-state index contributed by atoms with van der Waals surface area (Å²) < 4.78 is 15.1. The fourth-order valence-electron chi connectivity index (χ4n) is 3.98. The maximum absolute atomic E-state index is 13.3. The van der Waals surface area contributed by atoms with Crippen LogP contribution in [-0.4, -0.2) is 38.3 Å². The van der Waals surface area contributed by atoms with E-state index in [1.165, 1.54) is 29.3 Å². The molecule has 4 aromatic rings. The first-order chi connectivity index (χ1) is 17.5. The van der Waals surface area contributed by atoms with E-state index in [-0.39, 0.29) is 18.7 Å². The number of primary amides is 1. The normalized spacial score (nSPS) is 15.0. The minimum Gasteiger partial charge on any atom is -0.368 e. The average Bonchev–Trinajstić information content (AvgIpc) is 3.54. The molecule has 10 heteroatoms. The molecule has 0 saturated heterocycles. The monoisotopic (exact) mass is 483 g/mol. The van der Waals surface area contributed by atoms with Gasteiger partial charge < -0.3 is 11.1 Å². The largest absolute Gasteiger partial charge is 0.368 e. The molecule has 0 radical (unpaired) electrons. The van der Waals surface area contributed by atoms with Crippen LogP contribution in [0.3, 0.4) is 0 Å². The summed E-state index contributed by atoms with van der Waals surface area (Å²) in [6, 6.07) is 18.0. The van der Waals surface area contributed by atoms with E-state index in [1.54, 1.807) is 17.1 Å². The first kappa shape index (κ1) is 22.9. The summed E-state index contributed by atoms with van der Waals surface area (Å²) in [5.74, 6) is -1.48. The van der Waals surface area contributed by atoms with Gasteiger partial charge in [0.05, 0.1) is 17.1 Å². The third-order valence-corrected chi connectivity index (χ3v) is 5.80. The van der Waals surface area contributed by atoms with Gasteiger partial charge >= 0.3 is 0 Å². The third-order valence-electron chi connectivity index (χ3n) is 5.80. The van der Waals surface area contributed by atoms with Crippen LogP contribution in [0.25, 0.3) is 16.9 Å². The summed E-state index contributed by atoms with van der Waals surface area (Å²) in [6.07, 6.45) is 5.26. The predicted octanol–water partition coefficient (Wildman–Crippen LogP) is 2.81. The van der Waals surface area contributed by atoms with Gasteiger partial charge in [0.15, 0.2) is 0 Å². The van der Waals surface area contributed by atoms with Crippen molar-refractivity contribution in [3.8, 4) is 16.9 Å². The number of carbonyl (C=O) groups excluding carboxylic acids is 2. The number of rotatable bonds is 7. The van der Waals surface area contributed by atoms with E-state index in [9.17, 15) is 14.0 Å². The molecule has 0 saturated carbocycles. The number of anilines is 1. The number of benzene rings is 2. The zero-order chi connectivity index (χ0) is 25.1. The molecule has 1 unspecified atom stereocenters. The molecule has 1 aliphatic rings. The number of nitrogens with two attached hydrogens (primary N) is 1. The van der Waals surface area contributed by atoms with E-state index in [1.807, 2.05) is 48.7 Å². The first-order valence-electron chi connectivity index (χ1n) is 11.2. The Balaban J connectivity index is 1.38. The number of halogens is 1. The van der Waals surface area contributed by atoms with E-state index in [2.05, 4.69) is 15.4 Å². The van der Waals surface area contributed by atoms with Crippen LogP contribution in [0.1, 0.15) is 12.0 Å². The van der Waals surface area contributed by atoms with Crippen molar-refractivity contribution in [1.82, 2.24) is 20.1 Å². The average molecular weight is 484 g/mol. The summed E-state index contributed by atoms with van der Waals surface area (Å²) in [6.45, 7) is 0.181. The van der Waals surface area contributed by atoms with Crippen LogP contribution >= 0.6 is 0 Å². The topological polar surface area (TPSA) is 118 Å². The molecule has 0 aliphatic carbocycles. The minimum atomic E-state index is -0.843. The second kappa shape index (κ2) is 9.79. The van der Waals surface area contributed by atoms with E-state index in [4.69, 9.17) is 10.8 Å². The molecular weight excluding hydrogens is 461 g/mol. The van der Waals surface area contributed by atoms with Gasteiger partial charge in [-0.15, -0.1) is 0 Å². The Morgan fingerprint density at radius 1 is 1.00 bits per heavy atom. The standard InChI is InChI=1S/C26H22FN7O2/c27-19-6-8-21(9-7-19)34-23(25(28)35)14-22(31-34)26(36)30-15-18-16-33(20-4-2-1-3-5-20)32-24(18)17-10-12-29-13-11-17/h1-13,16,23H,14-15H2,(H2,28,35)(H,30,36). The number of nitrogens with zero attached hydrogens (tertiary/aromatic N) is 5. The maximum atomic E-state index is 13.3. The SMILES string of the molecule is NC(=O)C1CC(C(=O)NCc2cn(-c3ccccc3)nc2-c2ccncc2)=NN1c1ccc(F)cc1. The molecule has 180 valence electrons. The number of hydrogen-bond acceptors (Lipinski definition) is 6. The fraction of sp³-hybridized carbons (Fsp3) is 0.115. The lowest BCUT2D eigenvalue weighted by Crippen LogP contribution is -2.39. The smallest absolute Gasteiger partial charge is 0.267 e. The van der Waals surface area contributed by atoms with Gasteiger partial charge in [0.1, 0.15) is 17.6 Å². The maximum Gasteiger partial charge on any atom is 0.267 e. The molecule has 2 aromatic heterocycles. The quantitative estimate of drug-likeness (QED) is 0.419. The van der Waals surface area contributed by atoms with Crippen molar-refractivity contribution in [2.45, 2.75) is 19.0 Å². The lowest BCUT2D eigenvalue weighted by atomic mass is 10.1. The molecule has 0 fully saturated rings. The lowest BCUT2D eigenvalue weighted by Gasteiger charge is -2.20. The van der Waals surface area contributed by atoms with Gasteiger partial charge in [-0.3, -0.25) is 19.6 Å². The zero-order valence-corrected chi connectivity index (χ0v) is 19.1. The fourth-order valence-corrected chi connectivity index (χ4v) is 3.98. The number of pyridine rings is 1. The number of hydrazone groups is 1. The van der Waals surface area contributed by atoms with Gasteiger partial charge in [0, 0.05) is 42.7 Å². The minimum absolute atomic E-state index is 0.0407. The van der Waals surface area contributed by atoms with Crippen molar-refractivity contribution < 1.29 is 14.0 Å². The number of nitrogens with one attached hydrogen (secondary N) is 1. The summed E-state index contributed by atoms with van der Waals surface area (Å²) in [5, 5.41) is 13.3. The van der Waals surface area contributed by atoms with Crippen molar-refractivity contribution >= 4 is 23.2 Å². The van der Waals surface area contributed by atoms with Crippen molar-refractivity contribution in [2.24, 2.45) is 10.8 Å². The number of hydrogen-bond donors (Lipinski definition) is 2. The molecule has 5 rings (SSSR count). The van der Waals surface area contributed by atoms with Gasteiger partial charge in [-0.05, 0) is 48.5 Å². The highest BCUT2D eigenvalue weighted by atomic mass is 19.1. The van der Waals surface area contributed by atoms with Crippen LogP contribution in [0.5, 0.6) is 0 Å². The van der Waals surface area contributed by atoms with Crippen LogP contribution in [0.4, 0.5) is 10.1 Å². The highest BCUT2D eigenvalue weighted by Crippen LogP contribution is 2.26. The van der Waals surface area contributed by atoms with Gasteiger partial charge in [-0.2, -0.15) is 10.2 Å². The number of carbonyl (C=O) groups is 2. The van der Waals surface area contributed by atoms with Gasteiger partial charge in [-0.25, -0.2) is 9.07 Å². The molecule has 1 aliphatic heterocycles. The highest BCUT2D eigenvalue weighted by molar-refractivity contribution is 6.40. The molecule has 0 spiro atoms. The lowest BCUT2D eigenvalue weighted by molar-refractivity contribution is -0.119. The van der Waals surface area contributed by atoms with E-state index >= 15 is 0 Å². The predicted molar refractivity (Wildman–Crippen MR) is 133 cm³/mol.